The molecule has 5 heteroatoms. The number of ether oxygens (including phenoxy) is 2. The Kier molecular flexibility index (Phi) is 6.60. The zero-order valence-corrected chi connectivity index (χ0v) is 16.2. The molecule has 0 aliphatic carbocycles. The van der Waals surface area contributed by atoms with Crippen molar-refractivity contribution in [2.24, 2.45) is 0 Å². The van der Waals surface area contributed by atoms with Crippen LogP contribution in [0.2, 0.25) is 0 Å². The highest BCUT2D eigenvalue weighted by atomic mass is 19.2. The molecule has 3 aromatic rings. The van der Waals surface area contributed by atoms with Gasteiger partial charge in [-0.2, -0.15) is 4.39 Å². The van der Waals surface area contributed by atoms with E-state index in [0.717, 1.165) is 11.1 Å². The van der Waals surface area contributed by atoms with E-state index in [1.807, 2.05) is 12.1 Å². The quantitative estimate of drug-likeness (QED) is 0.437. The van der Waals surface area contributed by atoms with Crippen LogP contribution >= 0.6 is 0 Å². The van der Waals surface area contributed by atoms with E-state index >= 15 is 0 Å². The summed E-state index contributed by atoms with van der Waals surface area (Å²) in [6.45, 7) is 4.00. The van der Waals surface area contributed by atoms with Gasteiger partial charge in [0, 0.05) is 5.56 Å². The second-order valence-electron chi connectivity index (χ2n) is 6.34. The lowest BCUT2D eigenvalue weighted by Crippen LogP contribution is -2.00. The Hall–Kier alpha value is -3.21. The third-order valence-corrected chi connectivity index (χ3v) is 4.34. The number of rotatable bonds is 7. The second kappa shape index (κ2) is 9.32. The summed E-state index contributed by atoms with van der Waals surface area (Å²) < 4.78 is 52.8. The third kappa shape index (κ3) is 4.80. The van der Waals surface area contributed by atoms with Gasteiger partial charge in [-0.1, -0.05) is 42.5 Å². The zero-order valence-electron chi connectivity index (χ0n) is 16.2. The molecule has 0 aliphatic heterocycles. The Bertz CT molecular complexity index is 1010. The van der Waals surface area contributed by atoms with E-state index in [1.165, 1.54) is 24.3 Å². The van der Waals surface area contributed by atoms with Gasteiger partial charge in [0.25, 0.3) is 0 Å². The van der Waals surface area contributed by atoms with E-state index in [9.17, 15) is 13.2 Å². The molecule has 2 nitrogen and oxygen atoms in total. The molecule has 0 aromatic heterocycles. The fourth-order valence-electron chi connectivity index (χ4n) is 2.87. The van der Waals surface area contributed by atoms with Crippen molar-refractivity contribution in [3.05, 3.63) is 89.3 Å². The van der Waals surface area contributed by atoms with E-state index in [4.69, 9.17) is 9.47 Å². The van der Waals surface area contributed by atoms with E-state index in [2.05, 4.69) is 0 Å². The fourth-order valence-corrected chi connectivity index (χ4v) is 2.87. The molecule has 150 valence electrons. The van der Waals surface area contributed by atoms with Gasteiger partial charge in [0.15, 0.2) is 23.1 Å². The van der Waals surface area contributed by atoms with Gasteiger partial charge in [-0.25, -0.2) is 8.78 Å². The summed E-state index contributed by atoms with van der Waals surface area (Å²) >= 11 is 0. The molecule has 0 bridgehead atoms. The van der Waals surface area contributed by atoms with Crippen molar-refractivity contribution in [3.63, 3.8) is 0 Å². The van der Waals surface area contributed by atoms with Crippen LogP contribution in [0.4, 0.5) is 13.2 Å². The maximum absolute atomic E-state index is 14.1. The minimum Gasteiger partial charge on any atom is -0.491 e. The molecule has 0 aliphatic rings. The van der Waals surface area contributed by atoms with Crippen molar-refractivity contribution in [3.8, 4) is 22.6 Å². The molecule has 0 radical (unpaired) electrons. The molecule has 3 rings (SSSR count). The van der Waals surface area contributed by atoms with Crippen LogP contribution in [0.3, 0.4) is 0 Å². The van der Waals surface area contributed by atoms with E-state index in [-0.39, 0.29) is 23.7 Å². The highest BCUT2D eigenvalue weighted by molar-refractivity contribution is 5.64. The summed E-state index contributed by atoms with van der Waals surface area (Å²) in [6.07, 6.45) is 3.13. The Morgan fingerprint density at radius 2 is 1.48 bits per heavy atom. The van der Waals surface area contributed by atoms with Gasteiger partial charge in [0.2, 0.25) is 5.82 Å². The van der Waals surface area contributed by atoms with Crippen LogP contribution in [0.1, 0.15) is 25.0 Å². The Morgan fingerprint density at radius 3 is 2.14 bits per heavy atom. The first-order valence-electron chi connectivity index (χ1n) is 9.28. The van der Waals surface area contributed by atoms with E-state index in [0.29, 0.717) is 12.2 Å². The Morgan fingerprint density at radius 1 is 0.793 bits per heavy atom. The standard InChI is InChI=1S/C24H21F3O2/c1-3-5-18-10-13-22(24(27)23(18)26)29-15-16-6-8-17(9-7-16)19-11-12-21(28-4-2)20(25)14-19/h3,5-14H,4,15H2,1-2H3. The van der Waals surface area contributed by atoms with Gasteiger partial charge in [-0.15, -0.1) is 0 Å². The van der Waals surface area contributed by atoms with Crippen LogP contribution in [0, 0.1) is 17.5 Å². The molecule has 0 spiro atoms. The van der Waals surface area contributed by atoms with Crippen molar-refractivity contribution in [1.29, 1.82) is 0 Å². The molecule has 0 unspecified atom stereocenters. The molecule has 0 saturated carbocycles. The van der Waals surface area contributed by atoms with Gasteiger partial charge < -0.3 is 9.47 Å². The van der Waals surface area contributed by atoms with Crippen molar-refractivity contribution in [2.45, 2.75) is 20.5 Å². The van der Waals surface area contributed by atoms with Crippen LogP contribution in [0.15, 0.2) is 60.7 Å². The lowest BCUT2D eigenvalue weighted by molar-refractivity contribution is 0.284. The van der Waals surface area contributed by atoms with Crippen molar-refractivity contribution < 1.29 is 22.6 Å². The lowest BCUT2D eigenvalue weighted by Gasteiger charge is -2.10. The minimum atomic E-state index is -1.01. The summed E-state index contributed by atoms with van der Waals surface area (Å²) in [6, 6.07) is 14.9. The first-order chi connectivity index (χ1) is 14.0. The maximum Gasteiger partial charge on any atom is 0.201 e. The topological polar surface area (TPSA) is 18.5 Å². The predicted molar refractivity (Wildman–Crippen MR) is 108 cm³/mol. The molecule has 0 fully saturated rings. The largest absolute Gasteiger partial charge is 0.491 e. The van der Waals surface area contributed by atoms with Gasteiger partial charge >= 0.3 is 0 Å². The van der Waals surface area contributed by atoms with Crippen LogP contribution in [-0.2, 0) is 6.61 Å². The Labute approximate surface area is 168 Å². The molecule has 0 N–H and O–H groups in total. The fraction of sp³-hybridized carbons (Fsp3) is 0.167. The maximum atomic E-state index is 14.1. The van der Waals surface area contributed by atoms with Gasteiger partial charge in [-0.05, 0) is 54.8 Å². The Balaban J connectivity index is 1.70. The van der Waals surface area contributed by atoms with Gasteiger partial charge in [-0.3, -0.25) is 0 Å². The summed E-state index contributed by atoms with van der Waals surface area (Å²) in [5.41, 5.74) is 2.48. The summed E-state index contributed by atoms with van der Waals surface area (Å²) in [5.74, 6) is -2.30. The van der Waals surface area contributed by atoms with Crippen molar-refractivity contribution in [1.82, 2.24) is 0 Å². The van der Waals surface area contributed by atoms with Gasteiger partial charge in [0.05, 0.1) is 6.61 Å². The molecule has 0 saturated heterocycles. The number of hydrogen-bond acceptors (Lipinski definition) is 2. The second-order valence-corrected chi connectivity index (χ2v) is 6.34. The van der Waals surface area contributed by atoms with Crippen LogP contribution in [0.25, 0.3) is 17.2 Å². The number of allylic oxidation sites excluding steroid dienone is 1. The molecule has 0 heterocycles. The third-order valence-electron chi connectivity index (χ3n) is 4.34. The van der Waals surface area contributed by atoms with Crippen molar-refractivity contribution >= 4 is 6.08 Å². The average Bonchev–Trinajstić information content (AvgIpc) is 2.73. The smallest absolute Gasteiger partial charge is 0.201 e. The van der Waals surface area contributed by atoms with Crippen molar-refractivity contribution in [2.75, 3.05) is 6.61 Å². The molecule has 3 aromatic carbocycles. The molecule has 0 amide bonds. The minimum absolute atomic E-state index is 0.0806. The zero-order chi connectivity index (χ0) is 20.8. The first-order valence-corrected chi connectivity index (χ1v) is 9.28. The van der Waals surface area contributed by atoms with Crippen LogP contribution in [-0.4, -0.2) is 6.61 Å². The molecule has 0 atom stereocenters. The normalized spacial score (nSPS) is 11.1. The first kappa shape index (κ1) is 20.5. The van der Waals surface area contributed by atoms with E-state index < -0.39 is 17.5 Å². The summed E-state index contributed by atoms with van der Waals surface area (Å²) in [4.78, 5) is 0. The van der Waals surface area contributed by atoms with Crippen LogP contribution in [0.5, 0.6) is 11.5 Å². The summed E-state index contributed by atoms with van der Waals surface area (Å²) in [7, 11) is 0. The highest BCUT2D eigenvalue weighted by Crippen LogP contribution is 2.27. The van der Waals surface area contributed by atoms with E-state index in [1.54, 1.807) is 44.2 Å². The lowest BCUT2D eigenvalue weighted by atomic mass is 10.0. The molecular weight excluding hydrogens is 377 g/mol. The SMILES string of the molecule is CC=Cc1ccc(OCc2ccc(-c3ccc(OCC)c(F)c3)cc2)c(F)c1F. The monoisotopic (exact) mass is 398 g/mol. The number of halogens is 3. The highest BCUT2D eigenvalue weighted by Gasteiger charge is 2.13. The number of hydrogen-bond donors (Lipinski definition) is 0. The van der Waals surface area contributed by atoms with Gasteiger partial charge in [0.1, 0.15) is 6.61 Å². The average molecular weight is 398 g/mol. The number of benzene rings is 3. The predicted octanol–water partition coefficient (Wildman–Crippen LogP) is 6.78. The summed E-state index contributed by atoms with van der Waals surface area (Å²) in [5, 5.41) is 0. The molecular formula is C24H21F3O2. The van der Waals surface area contributed by atoms with Crippen LogP contribution < -0.4 is 9.47 Å². The molecule has 29 heavy (non-hydrogen) atoms.